The average molecular weight is 573 g/mol. The van der Waals surface area contributed by atoms with E-state index in [2.05, 4.69) is 20.7 Å². The molecule has 0 spiro atoms. The third-order valence-corrected chi connectivity index (χ3v) is 8.66. The number of benzene rings is 1. The van der Waals surface area contributed by atoms with Crippen LogP contribution < -0.4 is 15.4 Å². The number of methoxy groups -OCH3 is 1. The molecule has 3 atom stereocenters. The van der Waals surface area contributed by atoms with Crippen molar-refractivity contribution in [2.24, 2.45) is 0 Å². The molecule has 1 heterocycles. The van der Waals surface area contributed by atoms with Crippen LogP contribution in [0.3, 0.4) is 0 Å². The van der Waals surface area contributed by atoms with Crippen molar-refractivity contribution in [3.63, 3.8) is 0 Å². The molecule has 1 saturated carbocycles. The van der Waals surface area contributed by atoms with Crippen molar-refractivity contribution in [3.05, 3.63) is 75.8 Å². The molecule has 1 unspecified atom stereocenters. The van der Waals surface area contributed by atoms with E-state index < -0.39 is 29.1 Å². The van der Waals surface area contributed by atoms with Crippen LogP contribution in [0.4, 0.5) is 4.79 Å². The summed E-state index contributed by atoms with van der Waals surface area (Å²) in [5.74, 6) is 0.119. The van der Waals surface area contributed by atoms with Gasteiger partial charge in [0.25, 0.3) is 0 Å². The smallest absolute Gasteiger partial charge is 0.407 e. The number of nitrogens with zero attached hydrogens (tertiary/aromatic N) is 1. The Morgan fingerprint density at radius 3 is 2.54 bits per heavy atom. The molecule has 2 amide bonds. The number of thiazole rings is 1. The minimum Gasteiger partial charge on any atom is -0.453 e. The predicted molar refractivity (Wildman–Crippen MR) is 152 cm³/mol. The zero-order valence-corrected chi connectivity index (χ0v) is 23.7. The lowest BCUT2D eigenvalue weighted by Crippen LogP contribution is -2.49. The number of aromatic nitrogens is 1. The Kier molecular flexibility index (Phi) is 10.7. The number of hydrogen-bond acceptors (Lipinski definition) is 7. The van der Waals surface area contributed by atoms with Crippen LogP contribution >= 0.6 is 11.3 Å². The highest BCUT2D eigenvalue weighted by Crippen LogP contribution is 2.35. The van der Waals surface area contributed by atoms with E-state index in [9.17, 15) is 18.0 Å². The summed E-state index contributed by atoms with van der Waals surface area (Å²) in [5.41, 5.74) is 2.97. The lowest BCUT2D eigenvalue weighted by atomic mass is 9.87. The van der Waals surface area contributed by atoms with Crippen molar-refractivity contribution in [1.82, 2.24) is 20.3 Å². The number of hydrogen-bond donors (Lipinski definition) is 4. The average Bonchev–Trinajstić information content (AvgIpc) is 3.44. The monoisotopic (exact) mass is 572 g/mol. The van der Waals surface area contributed by atoms with Crippen LogP contribution in [0.1, 0.15) is 73.2 Å². The van der Waals surface area contributed by atoms with Crippen LogP contribution in [0.25, 0.3) is 0 Å². The Bertz CT molecular complexity index is 1240. The van der Waals surface area contributed by atoms with Gasteiger partial charge in [0.05, 0.1) is 18.8 Å². The van der Waals surface area contributed by atoms with Gasteiger partial charge >= 0.3 is 6.09 Å². The fourth-order valence-corrected chi connectivity index (χ4v) is 6.48. The first-order chi connectivity index (χ1) is 18.9. The lowest BCUT2D eigenvalue weighted by Gasteiger charge is -2.24. The van der Waals surface area contributed by atoms with E-state index in [0.29, 0.717) is 25.2 Å². The van der Waals surface area contributed by atoms with Crippen molar-refractivity contribution >= 4 is 34.2 Å². The molecule has 2 aromatic rings. The highest BCUT2D eigenvalue weighted by atomic mass is 32.2. The molecule has 1 aromatic carbocycles. The van der Waals surface area contributed by atoms with E-state index >= 15 is 0 Å². The second-order valence-electron chi connectivity index (χ2n) is 9.96. The van der Waals surface area contributed by atoms with E-state index in [1.807, 2.05) is 48.6 Å². The van der Waals surface area contributed by atoms with E-state index in [-0.39, 0.29) is 11.9 Å². The van der Waals surface area contributed by atoms with Gasteiger partial charge in [0.2, 0.25) is 16.8 Å². The number of alkyl carbamates (subject to hydrolysis) is 1. The van der Waals surface area contributed by atoms with Crippen LogP contribution in [0, 0.1) is 0 Å². The minimum absolute atomic E-state index is 0.278. The fourth-order valence-electron chi connectivity index (χ4n) is 5.06. The van der Waals surface area contributed by atoms with E-state index in [1.165, 1.54) is 26.4 Å². The van der Waals surface area contributed by atoms with Crippen LogP contribution in [-0.4, -0.2) is 44.6 Å². The first kappa shape index (κ1) is 29.0. The number of amides is 2. The van der Waals surface area contributed by atoms with Crippen LogP contribution in [0.2, 0.25) is 0 Å². The molecule has 210 valence electrons. The second kappa shape index (κ2) is 14.4. The van der Waals surface area contributed by atoms with E-state index in [1.54, 1.807) is 11.3 Å². The zero-order valence-electron chi connectivity index (χ0n) is 22.0. The number of ether oxygens (including phenoxy) is 1. The summed E-state index contributed by atoms with van der Waals surface area (Å²) in [7, 11) is -1.42. The fraction of sp³-hybridized carbons (Fsp3) is 0.464. The maximum absolute atomic E-state index is 13.6. The van der Waals surface area contributed by atoms with E-state index in [0.717, 1.165) is 34.7 Å². The lowest BCUT2D eigenvalue weighted by molar-refractivity contribution is -0.123. The number of nitrogens with one attached hydrogen (secondary N) is 3. The molecule has 4 rings (SSSR count). The Balaban J connectivity index is 1.54. The Morgan fingerprint density at radius 1 is 1.10 bits per heavy atom. The zero-order chi connectivity index (χ0) is 27.6. The van der Waals surface area contributed by atoms with Gasteiger partial charge in [0, 0.05) is 23.8 Å². The normalized spacial score (nSPS) is 19.2. The van der Waals surface area contributed by atoms with Gasteiger partial charge in [-0.3, -0.25) is 4.79 Å². The molecule has 9 nitrogen and oxygen atoms in total. The highest BCUT2D eigenvalue weighted by molar-refractivity contribution is 7.70. The maximum Gasteiger partial charge on any atom is 0.407 e. The topological polar surface area (TPSA) is 126 Å². The predicted octanol–water partition coefficient (Wildman–Crippen LogP) is 4.08. The number of carbonyl (C=O) groups excluding carboxylic acids is 2. The largest absolute Gasteiger partial charge is 0.453 e. The molecule has 3 N–H and O–H groups in total. The van der Waals surface area contributed by atoms with Crippen LogP contribution in [0.5, 0.6) is 0 Å². The van der Waals surface area contributed by atoms with Crippen molar-refractivity contribution in [2.45, 2.75) is 75.4 Å². The molecule has 0 aliphatic heterocycles. The SMILES string of the molecule is COC(=O)N[C@@H](Cc1ccccc1)C(=O)N[C@@H](CC1=CCC(N[SH](=O)=O)C=C1)c1nc(C2CCCCC2)cs1. The van der Waals surface area contributed by atoms with Gasteiger partial charge < -0.3 is 15.4 Å². The number of thiol groups is 1. The summed E-state index contributed by atoms with van der Waals surface area (Å²) < 4.78 is 29.4. The van der Waals surface area contributed by atoms with E-state index in [4.69, 9.17) is 9.72 Å². The highest BCUT2D eigenvalue weighted by Gasteiger charge is 2.28. The summed E-state index contributed by atoms with van der Waals surface area (Å²) in [5, 5.41) is 8.74. The van der Waals surface area contributed by atoms with Crippen molar-refractivity contribution in [1.29, 1.82) is 0 Å². The number of carbonyl (C=O) groups is 2. The van der Waals surface area contributed by atoms with Gasteiger partial charge in [0.15, 0.2) is 0 Å². The standard InChI is InChI=1S/C28H36N4O5S2/c1-37-28(34)31-23(16-19-8-4-2-5-9-19)26(33)29-24(17-20-12-14-22(15-13-20)32-39(35)36)27-30-25(18-38-27)21-10-6-3-7-11-21/h2,4-5,8-9,12-14,18,21-24,39H,3,6-7,10-11,15-17H2,1H3,(H,29,33)(H,31,34)(H,32,35,36)/t22?,23-,24-/m0/s1. The van der Waals surface area contributed by atoms with Gasteiger partial charge in [-0.1, -0.05) is 67.8 Å². The molecule has 0 radical (unpaired) electrons. The van der Waals surface area contributed by atoms with Crippen molar-refractivity contribution in [2.75, 3.05) is 7.11 Å². The van der Waals surface area contributed by atoms with Gasteiger partial charge in [-0.05, 0) is 36.8 Å². The molecule has 0 saturated heterocycles. The van der Waals surface area contributed by atoms with Crippen LogP contribution in [-0.2, 0) is 26.8 Å². The number of rotatable bonds is 11. The molecule has 11 heteroatoms. The molecular weight excluding hydrogens is 536 g/mol. The van der Waals surface area contributed by atoms with Crippen molar-refractivity contribution in [3.8, 4) is 0 Å². The number of allylic oxidation sites excluding steroid dienone is 1. The van der Waals surface area contributed by atoms with Gasteiger partial charge in [-0.2, -0.15) is 0 Å². The molecule has 1 aromatic heterocycles. The summed E-state index contributed by atoms with van der Waals surface area (Å²) in [4.78, 5) is 30.6. The molecule has 1 fully saturated rings. The van der Waals surface area contributed by atoms with Gasteiger partial charge in [0.1, 0.15) is 11.0 Å². The maximum atomic E-state index is 13.6. The molecule has 39 heavy (non-hydrogen) atoms. The van der Waals surface area contributed by atoms with Gasteiger partial charge in [-0.25, -0.2) is 22.9 Å². The third-order valence-electron chi connectivity index (χ3n) is 7.14. The first-order valence-corrected chi connectivity index (χ1v) is 15.4. The minimum atomic E-state index is -2.68. The molecule has 0 bridgehead atoms. The molecular formula is C28H36N4O5S2. The summed E-state index contributed by atoms with van der Waals surface area (Å²) in [6, 6.07) is 7.97. The second-order valence-corrected chi connectivity index (χ2v) is 11.6. The summed E-state index contributed by atoms with van der Waals surface area (Å²) >= 11 is 1.54. The Hall–Kier alpha value is -3.02. The third kappa shape index (κ3) is 8.74. The Morgan fingerprint density at radius 2 is 1.87 bits per heavy atom. The van der Waals surface area contributed by atoms with Crippen LogP contribution in [0.15, 0.2) is 59.5 Å². The molecule has 2 aliphatic carbocycles. The molecule has 2 aliphatic rings. The Labute approximate surface area is 235 Å². The quantitative estimate of drug-likeness (QED) is 0.301. The van der Waals surface area contributed by atoms with Gasteiger partial charge in [-0.15, -0.1) is 11.3 Å². The summed E-state index contributed by atoms with van der Waals surface area (Å²) in [6.45, 7) is 0. The summed E-state index contributed by atoms with van der Waals surface area (Å²) in [6.07, 6.45) is 12.3. The first-order valence-electron chi connectivity index (χ1n) is 13.3. The van der Waals surface area contributed by atoms with Crippen molar-refractivity contribution < 1.29 is 22.7 Å².